The molecule has 2 N–H and O–H groups in total. The molecule has 158 valence electrons. The fraction of sp³-hybridized carbons (Fsp3) is 0.667. The number of nitrogens with one attached hydrogen (secondary N) is 2. The second-order valence-electron chi connectivity index (χ2n) is 6.94. The Morgan fingerprint density at radius 2 is 2.00 bits per heavy atom. The van der Waals surface area contributed by atoms with Crippen LogP contribution in [0.5, 0.6) is 5.75 Å². The second kappa shape index (κ2) is 11.9. The van der Waals surface area contributed by atoms with Crippen molar-refractivity contribution in [3.05, 3.63) is 29.3 Å². The SMILES string of the molecule is CCOCCOc1cc(C)ccc1CNC(=NC)NCC1(OC)CCOCC1. The standard InChI is InChI=1S/C21H35N3O4/c1-5-26-12-13-28-19-14-17(2)6-7-18(19)15-23-20(22-3)24-16-21(25-4)8-10-27-11-9-21/h6-7,14H,5,8-13,15-16H2,1-4H3,(H2,22,23,24). The number of ether oxygens (including phenoxy) is 4. The summed E-state index contributed by atoms with van der Waals surface area (Å²) < 4.78 is 22.5. The zero-order chi connectivity index (χ0) is 20.2. The van der Waals surface area contributed by atoms with Crippen LogP contribution >= 0.6 is 0 Å². The molecule has 0 saturated carbocycles. The number of rotatable bonds is 10. The summed E-state index contributed by atoms with van der Waals surface area (Å²) in [5.74, 6) is 1.62. The van der Waals surface area contributed by atoms with E-state index in [-0.39, 0.29) is 5.60 Å². The molecule has 28 heavy (non-hydrogen) atoms. The van der Waals surface area contributed by atoms with Gasteiger partial charge in [-0.2, -0.15) is 0 Å². The first-order chi connectivity index (χ1) is 13.6. The fourth-order valence-electron chi connectivity index (χ4n) is 3.14. The molecule has 0 bridgehead atoms. The molecule has 0 radical (unpaired) electrons. The molecule has 1 aromatic rings. The molecule has 1 heterocycles. The van der Waals surface area contributed by atoms with E-state index in [0.717, 1.165) is 43.3 Å². The number of aryl methyl sites for hydroxylation is 1. The molecule has 1 aliphatic rings. The van der Waals surface area contributed by atoms with Crippen molar-refractivity contribution in [2.24, 2.45) is 4.99 Å². The van der Waals surface area contributed by atoms with E-state index in [4.69, 9.17) is 18.9 Å². The van der Waals surface area contributed by atoms with Gasteiger partial charge in [0.2, 0.25) is 0 Å². The summed E-state index contributed by atoms with van der Waals surface area (Å²) in [7, 11) is 3.54. The highest BCUT2D eigenvalue weighted by molar-refractivity contribution is 5.79. The molecule has 0 amide bonds. The Bertz CT molecular complexity index is 616. The van der Waals surface area contributed by atoms with Crippen LogP contribution in [0, 0.1) is 6.92 Å². The van der Waals surface area contributed by atoms with E-state index in [0.29, 0.717) is 32.9 Å². The van der Waals surface area contributed by atoms with Crippen molar-refractivity contribution < 1.29 is 18.9 Å². The molecule has 2 rings (SSSR count). The molecule has 1 aliphatic heterocycles. The average Bonchev–Trinajstić information content (AvgIpc) is 2.73. The van der Waals surface area contributed by atoms with Crippen LogP contribution in [0.2, 0.25) is 0 Å². The molecule has 0 aromatic heterocycles. The Hall–Kier alpha value is -1.83. The quantitative estimate of drug-likeness (QED) is 0.361. The number of aliphatic imine (C=N–C) groups is 1. The highest BCUT2D eigenvalue weighted by Crippen LogP contribution is 2.23. The maximum atomic E-state index is 5.92. The Morgan fingerprint density at radius 1 is 1.21 bits per heavy atom. The summed E-state index contributed by atoms with van der Waals surface area (Å²) >= 11 is 0. The Labute approximate surface area is 168 Å². The molecular weight excluding hydrogens is 358 g/mol. The molecule has 1 aromatic carbocycles. The van der Waals surface area contributed by atoms with E-state index in [1.165, 1.54) is 5.56 Å². The van der Waals surface area contributed by atoms with Gasteiger partial charge in [0.05, 0.1) is 12.2 Å². The third kappa shape index (κ3) is 6.96. The Morgan fingerprint density at radius 3 is 2.68 bits per heavy atom. The van der Waals surface area contributed by atoms with Gasteiger partial charge in [0, 0.05) is 65.5 Å². The monoisotopic (exact) mass is 393 g/mol. The first kappa shape index (κ1) is 22.5. The lowest BCUT2D eigenvalue weighted by Gasteiger charge is -2.36. The molecule has 0 unspecified atom stereocenters. The van der Waals surface area contributed by atoms with Crippen LogP contribution in [0.3, 0.4) is 0 Å². The minimum absolute atomic E-state index is 0.201. The third-order valence-corrected chi connectivity index (χ3v) is 5.00. The van der Waals surface area contributed by atoms with Crippen LogP contribution in [-0.2, 0) is 20.8 Å². The summed E-state index contributed by atoms with van der Waals surface area (Å²) in [6, 6.07) is 6.23. The normalized spacial score (nSPS) is 16.6. The topological polar surface area (TPSA) is 73.3 Å². The van der Waals surface area contributed by atoms with E-state index in [1.807, 2.05) is 6.92 Å². The predicted molar refractivity (Wildman–Crippen MR) is 111 cm³/mol. The highest BCUT2D eigenvalue weighted by atomic mass is 16.5. The number of hydrogen-bond donors (Lipinski definition) is 2. The largest absolute Gasteiger partial charge is 0.491 e. The van der Waals surface area contributed by atoms with Crippen molar-refractivity contribution in [2.75, 3.05) is 53.7 Å². The van der Waals surface area contributed by atoms with Gasteiger partial charge in [-0.25, -0.2) is 0 Å². The summed E-state index contributed by atoms with van der Waals surface area (Å²) in [6.45, 7) is 8.63. The van der Waals surface area contributed by atoms with Gasteiger partial charge in [-0.05, 0) is 25.5 Å². The van der Waals surface area contributed by atoms with Crippen molar-refractivity contribution >= 4 is 5.96 Å². The van der Waals surface area contributed by atoms with E-state index in [2.05, 4.69) is 40.7 Å². The van der Waals surface area contributed by atoms with E-state index in [9.17, 15) is 0 Å². The van der Waals surface area contributed by atoms with Crippen LogP contribution in [-0.4, -0.2) is 65.3 Å². The number of hydrogen-bond acceptors (Lipinski definition) is 5. The van der Waals surface area contributed by atoms with Gasteiger partial charge in [-0.15, -0.1) is 0 Å². The maximum absolute atomic E-state index is 5.92. The van der Waals surface area contributed by atoms with Crippen LogP contribution < -0.4 is 15.4 Å². The van der Waals surface area contributed by atoms with Crippen molar-refractivity contribution in [3.63, 3.8) is 0 Å². The maximum Gasteiger partial charge on any atom is 0.191 e. The smallest absolute Gasteiger partial charge is 0.191 e. The molecule has 7 nitrogen and oxygen atoms in total. The van der Waals surface area contributed by atoms with Crippen LogP contribution in [0.25, 0.3) is 0 Å². The van der Waals surface area contributed by atoms with Gasteiger partial charge in [0.1, 0.15) is 12.4 Å². The Kier molecular flexibility index (Phi) is 9.54. The van der Waals surface area contributed by atoms with Gasteiger partial charge in [-0.1, -0.05) is 12.1 Å². The van der Waals surface area contributed by atoms with Gasteiger partial charge >= 0.3 is 0 Å². The van der Waals surface area contributed by atoms with E-state index in [1.54, 1.807) is 14.2 Å². The van der Waals surface area contributed by atoms with Gasteiger partial charge in [0.25, 0.3) is 0 Å². The molecule has 0 spiro atoms. The van der Waals surface area contributed by atoms with Crippen molar-refractivity contribution in [1.82, 2.24) is 10.6 Å². The predicted octanol–water partition coefficient (Wildman–Crippen LogP) is 2.27. The third-order valence-electron chi connectivity index (χ3n) is 5.00. The number of guanidine groups is 1. The first-order valence-corrected chi connectivity index (χ1v) is 10.00. The zero-order valence-electron chi connectivity index (χ0n) is 17.7. The second-order valence-corrected chi connectivity index (χ2v) is 6.94. The lowest BCUT2D eigenvalue weighted by Crippen LogP contribution is -2.50. The van der Waals surface area contributed by atoms with Gasteiger partial charge in [-0.3, -0.25) is 4.99 Å². The number of nitrogens with zero attached hydrogens (tertiary/aromatic N) is 1. The van der Waals surface area contributed by atoms with Crippen molar-refractivity contribution in [1.29, 1.82) is 0 Å². The number of benzene rings is 1. The lowest BCUT2D eigenvalue weighted by molar-refractivity contribution is -0.0855. The molecule has 0 atom stereocenters. The van der Waals surface area contributed by atoms with Gasteiger partial charge in [0.15, 0.2) is 5.96 Å². The average molecular weight is 394 g/mol. The molecule has 1 fully saturated rings. The highest BCUT2D eigenvalue weighted by Gasteiger charge is 2.32. The summed E-state index contributed by atoms with van der Waals surface area (Å²) in [5.41, 5.74) is 2.05. The van der Waals surface area contributed by atoms with Gasteiger partial charge < -0.3 is 29.6 Å². The van der Waals surface area contributed by atoms with Crippen molar-refractivity contribution in [3.8, 4) is 5.75 Å². The molecule has 7 heteroatoms. The fourth-order valence-corrected chi connectivity index (χ4v) is 3.14. The first-order valence-electron chi connectivity index (χ1n) is 10.00. The molecule has 1 saturated heterocycles. The summed E-state index contributed by atoms with van der Waals surface area (Å²) in [5, 5.41) is 6.76. The van der Waals surface area contributed by atoms with E-state index >= 15 is 0 Å². The summed E-state index contributed by atoms with van der Waals surface area (Å²) in [6.07, 6.45) is 1.76. The lowest BCUT2D eigenvalue weighted by atomic mass is 9.94. The van der Waals surface area contributed by atoms with Crippen LogP contribution in [0.1, 0.15) is 30.9 Å². The molecular formula is C21H35N3O4. The van der Waals surface area contributed by atoms with Crippen LogP contribution in [0.4, 0.5) is 0 Å². The number of methoxy groups -OCH3 is 1. The van der Waals surface area contributed by atoms with Crippen LogP contribution in [0.15, 0.2) is 23.2 Å². The molecule has 0 aliphatic carbocycles. The van der Waals surface area contributed by atoms with Crippen molar-refractivity contribution in [2.45, 2.75) is 38.8 Å². The zero-order valence-corrected chi connectivity index (χ0v) is 17.7. The summed E-state index contributed by atoms with van der Waals surface area (Å²) in [4.78, 5) is 4.33. The van der Waals surface area contributed by atoms with E-state index < -0.39 is 0 Å². The minimum atomic E-state index is -0.201. The Balaban J connectivity index is 1.90. The minimum Gasteiger partial charge on any atom is -0.491 e.